The molecular weight excluding hydrogens is 286 g/mol. The molecule has 1 aromatic rings. The second kappa shape index (κ2) is 6.30. The third-order valence-corrected chi connectivity index (χ3v) is 3.37. The average molecular weight is 306 g/mol. The van der Waals surface area contributed by atoms with E-state index in [4.69, 9.17) is 0 Å². The van der Waals surface area contributed by atoms with Gasteiger partial charge in [0.05, 0.1) is 6.42 Å². The van der Waals surface area contributed by atoms with Gasteiger partial charge in [-0.05, 0) is 50.6 Å². The van der Waals surface area contributed by atoms with Gasteiger partial charge in [-0.1, -0.05) is 0 Å². The van der Waals surface area contributed by atoms with E-state index in [1.807, 2.05) is 18.4 Å². The fourth-order valence-electron chi connectivity index (χ4n) is 2.19. The van der Waals surface area contributed by atoms with Crippen LogP contribution in [0.15, 0.2) is 42.2 Å². The number of hydrogen-bond acceptors (Lipinski definition) is 2. The predicted octanol–water partition coefficient (Wildman–Crippen LogP) is 3.14. The van der Waals surface area contributed by atoms with Crippen LogP contribution in [0.3, 0.4) is 0 Å². The van der Waals surface area contributed by atoms with Crippen molar-refractivity contribution in [3.63, 3.8) is 0 Å². The number of benzene rings is 1. The summed E-state index contributed by atoms with van der Waals surface area (Å²) in [6.45, 7) is 7.01. The lowest BCUT2D eigenvalue weighted by Gasteiger charge is -2.35. The van der Waals surface area contributed by atoms with E-state index in [0.717, 1.165) is 18.2 Å². The number of hydrogen-bond donors (Lipinski definition) is 1. The van der Waals surface area contributed by atoms with Gasteiger partial charge in [0.1, 0.15) is 11.6 Å². The van der Waals surface area contributed by atoms with Gasteiger partial charge in [-0.25, -0.2) is 8.78 Å². The molecule has 0 bridgehead atoms. The van der Waals surface area contributed by atoms with Crippen LogP contribution in [0.5, 0.6) is 0 Å². The molecule has 22 heavy (non-hydrogen) atoms. The fourth-order valence-corrected chi connectivity index (χ4v) is 2.19. The molecule has 1 aromatic carbocycles. The summed E-state index contributed by atoms with van der Waals surface area (Å²) < 4.78 is 26.2. The zero-order chi connectivity index (χ0) is 16.3. The Balaban J connectivity index is 1.94. The topological polar surface area (TPSA) is 32.3 Å². The molecule has 0 spiro atoms. The number of allylic oxidation sites excluding steroid dienone is 1. The lowest BCUT2D eigenvalue weighted by atomic mass is 10.1. The molecule has 0 aromatic heterocycles. The molecule has 0 saturated heterocycles. The van der Waals surface area contributed by atoms with Crippen LogP contribution in [0.4, 0.5) is 8.78 Å². The van der Waals surface area contributed by atoms with Gasteiger partial charge in [-0.3, -0.25) is 4.79 Å². The molecule has 5 heteroatoms. The van der Waals surface area contributed by atoms with Crippen molar-refractivity contribution in [1.29, 1.82) is 0 Å². The highest BCUT2D eigenvalue weighted by Crippen LogP contribution is 2.17. The number of carbonyl (C=O) groups excluding carboxylic acids is 1. The van der Waals surface area contributed by atoms with Crippen LogP contribution in [0.1, 0.15) is 26.3 Å². The van der Waals surface area contributed by atoms with E-state index < -0.39 is 11.6 Å². The van der Waals surface area contributed by atoms with Crippen LogP contribution in [-0.4, -0.2) is 22.9 Å². The van der Waals surface area contributed by atoms with Gasteiger partial charge in [0.2, 0.25) is 5.91 Å². The van der Waals surface area contributed by atoms with E-state index in [-0.39, 0.29) is 17.9 Å². The average Bonchev–Trinajstić information content (AvgIpc) is 2.36. The number of nitrogens with one attached hydrogen (secondary N) is 1. The Kier molecular flexibility index (Phi) is 4.64. The van der Waals surface area contributed by atoms with Gasteiger partial charge in [0.25, 0.3) is 0 Å². The molecule has 1 aliphatic rings. The van der Waals surface area contributed by atoms with Crippen LogP contribution >= 0.6 is 0 Å². The van der Waals surface area contributed by atoms with E-state index in [1.165, 1.54) is 0 Å². The molecule has 118 valence electrons. The van der Waals surface area contributed by atoms with Crippen LogP contribution in [0.25, 0.3) is 0 Å². The quantitative estimate of drug-likeness (QED) is 0.930. The maximum Gasteiger partial charge on any atom is 0.228 e. The Morgan fingerprint density at radius 2 is 1.86 bits per heavy atom. The van der Waals surface area contributed by atoms with Gasteiger partial charge in [0.15, 0.2) is 0 Å². The SMILES string of the molecule is CC(C)(C)N1C=CC(NC(=O)Cc2cc(F)cc(F)c2)=CC1. The highest BCUT2D eigenvalue weighted by atomic mass is 19.1. The monoisotopic (exact) mass is 306 g/mol. The molecule has 3 nitrogen and oxygen atoms in total. The van der Waals surface area contributed by atoms with E-state index in [2.05, 4.69) is 31.0 Å². The second-order valence-electron chi connectivity index (χ2n) is 6.30. The molecule has 1 aliphatic heterocycles. The number of carbonyl (C=O) groups is 1. The van der Waals surface area contributed by atoms with E-state index >= 15 is 0 Å². The van der Waals surface area contributed by atoms with Crippen molar-refractivity contribution >= 4 is 5.91 Å². The number of rotatable bonds is 3. The Labute approximate surface area is 129 Å². The van der Waals surface area contributed by atoms with Crippen molar-refractivity contribution in [3.8, 4) is 0 Å². The molecule has 0 atom stereocenters. The highest BCUT2D eigenvalue weighted by molar-refractivity contribution is 5.80. The molecule has 1 N–H and O–H groups in total. The zero-order valence-electron chi connectivity index (χ0n) is 13.0. The highest BCUT2D eigenvalue weighted by Gasteiger charge is 2.19. The Bertz CT molecular complexity index is 610. The predicted molar refractivity (Wildman–Crippen MR) is 81.9 cm³/mol. The summed E-state index contributed by atoms with van der Waals surface area (Å²) >= 11 is 0. The summed E-state index contributed by atoms with van der Waals surface area (Å²) in [6, 6.07) is 3.11. The summed E-state index contributed by atoms with van der Waals surface area (Å²) in [6.07, 6.45) is 5.59. The Morgan fingerprint density at radius 3 is 2.36 bits per heavy atom. The molecular formula is C17H20F2N2O. The van der Waals surface area contributed by atoms with Gasteiger partial charge < -0.3 is 10.2 Å². The number of halogens is 2. The smallest absolute Gasteiger partial charge is 0.228 e. The molecule has 0 unspecified atom stereocenters. The van der Waals surface area contributed by atoms with Crippen LogP contribution in [0.2, 0.25) is 0 Å². The van der Waals surface area contributed by atoms with E-state index in [0.29, 0.717) is 17.8 Å². The maximum atomic E-state index is 13.1. The van der Waals surface area contributed by atoms with Crippen LogP contribution in [-0.2, 0) is 11.2 Å². The first-order valence-corrected chi connectivity index (χ1v) is 7.14. The third kappa shape index (κ3) is 4.41. The first kappa shape index (κ1) is 16.2. The van der Waals surface area contributed by atoms with E-state index in [1.54, 1.807) is 0 Å². The normalized spacial score (nSPS) is 14.8. The minimum atomic E-state index is -0.680. The minimum absolute atomic E-state index is 0.0155. The molecule has 2 rings (SSSR count). The number of amides is 1. The summed E-state index contributed by atoms with van der Waals surface area (Å²) in [5.74, 6) is -1.66. The van der Waals surface area contributed by atoms with Crippen molar-refractivity contribution in [2.45, 2.75) is 32.7 Å². The maximum absolute atomic E-state index is 13.1. The van der Waals surface area contributed by atoms with Crippen molar-refractivity contribution in [2.75, 3.05) is 6.54 Å². The van der Waals surface area contributed by atoms with Crippen molar-refractivity contribution < 1.29 is 13.6 Å². The van der Waals surface area contributed by atoms with Gasteiger partial charge in [0, 0.05) is 30.0 Å². The fraction of sp³-hybridized carbons (Fsp3) is 0.353. The second-order valence-corrected chi connectivity index (χ2v) is 6.30. The molecule has 0 aliphatic carbocycles. The summed E-state index contributed by atoms with van der Waals surface area (Å²) in [7, 11) is 0. The first-order chi connectivity index (χ1) is 10.2. The van der Waals surface area contributed by atoms with Crippen LogP contribution in [0, 0.1) is 11.6 Å². The number of nitrogens with zero attached hydrogens (tertiary/aromatic N) is 1. The summed E-state index contributed by atoms with van der Waals surface area (Å²) in [5.41, 5.74) is 1.02. The standard InChI is InChI=1S/C17H20F2N2O/c1-17(2,3)21-6-4-15(5-7-21)20-16(22)10-12-8-13(18)11-14(19)9-12/h4-6,8-9,11H,7,10H2,1-3H3,(H,20,22). The van der Waals surface area contributed by atoms with Gasteiger partial charge in [-0.15, -0.1) is 0 Å². The molecule has 0 saturated carbocycles. The van der Waals surface area contributed by atoms with Crippen molar-refractivity contribution in [2.24, 2.45) is 0 Å². The summed E-state index contributed by atoms with van der Waals surface area (Å²) in [4.78, 5) is 14.1. The van der Waals surface area contributed by atoms with E-state index in [9.17, 15) is 13.6 Å². The lowest BCUT2D eigenvalue weighted by molar-refractivity contribution is -0.119. The lowest BCUT2D eigenvalue weighted by Crippen LogP contribution is -2.39. The largest absolute Gasteiger partial charge is 0.369 e. The Hall–Kier alpha value is -2.17. The third-order valence-electron chi connectivity index (χ3n) is 3.37. The van der Waals surface area contributed by atoms with Crippen LogP contribution < -0.4 is 5.32 Å². The van der Waals surface area contributed by atoms with Gasteiger partial charge in [-0.2, -0.15) is 0 Å². The Morgan fingerprint density at radius 1 is 1.23 bits per heavy atom. The molecule has 0 radical (unpaired) electrons. The summed E-state index contributed by atoms with van der Waals surface area (Å²) in [5, 5.41) is 2.74. The first-order valence-electron chi connectivity index (χ1n) is 7.14. The molecule has 1 heterocycles. The van der Waals surface area contributed by atoms with Crippen molar-refractivity contribution in [3.05, 3.63) is 59.4 Å². The van der Waals surface area contributed by atoms with Gasteiger partial charge >= 0.3 is 0 Å². The molecule has 1 amide bonds. The zero-order valence-corrected chi connectivity index (χ0v) is 13.0. The minimum Gasteiger partial charge on any atom is -0.369 e. The van der Waals surface area contributed by atoms with Crippen molar-refractivity contribution in [1.82, 2.24) is 10.2 Å². The molecule has 0 fully saturated rings.